The van der Waals surface area contributed by atoms with Crippen molar-refractivity contribution in [2.75, 3.05) is 11.9 Å². The average Bonchev–Trinajstić information content (AvgIpc) is 2.85. The Balaban J connectivity index is 1.71. The molecule has 0 unspecified atom stereocenters. The van der Waals surface area contributed by atoms with Crippen molar-refractivity contribution in [2.24, 2.45) is 5.73 Å². The summed E-state index contributed by atoms with van der Waals surface area (Å²) in [4.78, 5) is 0. The molecule has 0 fully saturated rings. The summed E-state index contributed by atoms with van der Waals surface area (Å²) >= 11 is 0. The summed E-state index contributed by atoms with van der Waals surface area (Å²) in [5.74, 6) is 0.455. The molecule has 5 heteroatoms. The number of hydrogen-bond acceptors (Lipinski definition) is 5. The van der Waals surface area contributed by atoms with E-state index in [0.717, 1.165) is 19.4 Å². The van der Waals surface area contributed by atoms with Crippen molar-refractivity contribution in [2.45, 2.75) is 26.3 Å². The Hall–Kier alpha value is -1.88. The lowest BCUT2D eigenvalue weighted by molar-refractivity contribution is 0.507. The van der Waals surface area contributed by atoms with Crippen LogP contribution in [0.15, 0.2) is 28.7 Å². The lowest BCUT2D eigenvalue weighted by Crippen LogP contribution is -2.03. The third-order valence-electron chi connectivity index (χ3n) is 2.68. The van der Waals surface area contributed by atoms with E-state index in [1.807, 2.05) is 0 Å². The molecular formula is C13H18N4O. The van der Waals surface area contributed by atoms with Crippen LogP contribution in [0.5, 0.6) is 0 Å². The van der Waals surface area contributed by atoms with Crippen molar-refractivity contribution in [3.05, 3.63) is 41.3 Å². The standard InChI is InChI=1S/C13H18N4O/c1-10-4-6-11(7-5-10)3-2-8-15-13-17-16-12(9-14)18-13/h4-7H,2-3,8-9,14H2,1H3,(H,15,17). The van der Waals surface area contributed by atoms with Crippen molar-refractivity contribution >= 4 is 6.01 Å². The van der Waals surface area contributed by atoms with Crippen LogP contribution >= 0.6 is 0 Å². The van der Waals surface area contributed by atoms with E-state index in [1.54, 1.807) is 0 Å². The number of anilines is 1. The SMILES string of the molecule is Cc1ccc(CCCNc2nnc(CN)o2)cc1. The van der Waals surface area contributed by atoms with Gasteiger partial charge in [-0.15, -0.1) is 5.10 Å². The van der Waals surface area contributed by atoms with Crippen molar-refractivity contribution in [1.82, 2.24) is 10.2 Å². The van der Waals surface area contributed by atoms with E-state index in [2.05, 4.69) is 46.7 Å². The van der Waals surface area contributed by atoms with Gasteiger partial charge < -0.3 is 15.5 Å². The van der Waals surface area contributed by atoms with Crippen molar-refractivity contribution in [3.8, 4) is 0 Å². The van der Waals surface area contributed by atoms with Crippen LogP contribution in [-0.4, -0.2) is 16.7 Å². The summed E-state index contributed by atoms with van der Waals surface area (Å²) < 4.78 is 5.24. The Labute approximate surface area is 106 Å². The van der Waals surface area contributed by atoms with Gasteiger partial charge in [-0.3, -0.25) is 0 Å². The van der Waals surface area contributed by atoms with Gasteiger partial charge in [0, 0.05) is 6.54 Å². The number of aryl methyl sites for hydroxylation is 2. The van der Waals surface area contributed by atoms with Crippen molar-refractivity contribution in [1.29, 1.82) is 0 Å². The second-order valence-electron chi connectivity index (χ2n) is 4.22. The molecule has 2 rings (SSSR count). The van der Waals surface area contributed by atoms with Gasteiger partial charge in [0.15, 0.2) is 0 Å². The molecular weight excluding hydrogens is 228 g/mol. The van der Waals surface area contributed by atoms with Crippen LogP contribution in [0, 0.1) is 6.92 Å². The Kier molecular flexibility index (Phi) is 4.30. The van der Waals surface area contributed by atoms with Crippen LogP contribution in [0.1, 0.15) is 23.4 Å². The van der Waals surface area contributed by atoms with Crippen molar-refractivity contribution in [3.63, 3.8) is 0 Å². The minimum absolute atomic E-state index is 0.276. The average molecular weight is 246 g/mol. The Bertz CT molecular complexity index is 478. The number of hydrogen-bond donors (Lipinski definition) is 2. The second kappa shape index (κ2) is 6.16. The fraction of sp³-hybridized carbons (Fsp3) is 0.385. The molecule has 1 aromatic heterocycles. The maximum Gasteiger partial charge on any atom is 0.315 e. The topological polar surface area (TPSA) is 77.0 Å². The third kappa shape index (κ3) is 3.56. The third-order valence-corrected chi connectivity index (χ3v) is 2.68. The number of rotatable bonds is 6. The van der Waals surface area contributed by atoms with Crippen LogP contribution in [0.25, 0.3) is 0 Å². The largest absolute Gasteiger partial charge is 0.407 e. The predicted molar refractivity (Wildman–Crippen MR) is 70.2 cm³/mol. The molecule has 5 nitrogen and oxygen atoms in total. The van der Waals surface area contributed by atoms with Gasteiger partial charge in [0.05, 0.1) is 6.54 Å². The number of aromatic nitrogens is 2. The highest BCUT2D eigenvalue weighted by molar-refractivity contribution is 5.22. The monoisotopic (exact) mass is 246 g/mol. The first-order valence-electron chi connectivity index (χ1n) is 6.10. The zero-order chi connectivity index (χ0) is 12.8. The molecule has 96 valence electrons. The van der Waals surface area contributed by atoms with Crippen molar-refractivity contribution < 1.29 is 4.42 Å². The van der Waals surface area contributed by atoms with Crippen LogP contribution in [0.2, 0.25) is 0 Å². The molecule has 2 aromatic rings. The fourth-order valence-corrected chi connectivity index (χ4v) is 1.65. The fourth-order valence-electron chi connectivity index (χ4n) is 1.65. The first-order valence-corrected chi connectivity index (χ1v) is 6.10. The first kappa shape index (κ1) is 12.6. The molecule has 0 radical (unpaired) electrons. The van der Waals surface area contributed by atoms with Gasteiger partial charge in [0.25, 0.3) is 0 Å². The molecule has 1 aromatic carbocycles. The Morgan fingerprint density at radius 1 is 1.22 bits per heavy atom. The van der Waals surface area contributed by atoms with E-state index in [0.29, 0.717) is 11.9 Å². The first-order chi connectivity index (χ1) is 8.78. The zero-order valence-corrected chi connectivity index (χ0v) is 10.5. The molecule has 3 N–H and O–H groups in total. The van der Waals surface area contributed by atoms with Gasteiger partial charge in [0.2, 0.25) is 5.89 Å². The molecule has 0 saturated carbocycles. The van der Waals surface area contributed by atoms with E-state index in [4.69, 9.17) is 10.2 Å². The maximum atomic E-state index is 5.38. The Morgan fingerprint density at radius 3 is 2.67 bits per heavy atom. The van der Waals surface area contributed by atoms with Crippen LogP contribution in [-0.2, 0) is 13.0 Å². The van der Waals surface area contributed by atoms with Crippen LogP contribution in [0.3, 0.4) is 0 Å². The van der Waals surface area contributed by atoms with Gasteiger partial charge >= 0.3 is 6.01 Å². The molecule has 18 heavy (non-hydrogen) atoms. The van der Waals surface area contributed by atoms with Crippen LogP contribution in [0.4, 0.5) is 6.01 Å². The summed E-state index contributed by atoms with van der Waals surface area (Å²) in [6.07, 6.45) is 2.05. The minimum Gasteiger partial charge on any atom is -0.407 e. The van der Waals surface area contributed by atoms with Gasteiger partial charge in [0.1, 0.15) is 0 Å². The number of benzene rings is 1. The smallest absolute Gasteiger partial charge is 0.315 e. The molecule has 0 atom stereocenters. The molecule has 0 aliphatic carbocycles. The van der Waals surface area contributed by atoms with E-state index >= 15 is 0 Å². The molecule has 1 heterocycles. The Morgan fingerprint density at radius 2 is 2.00 bits per heavy atom. The van der Waals surface area contributed by atoms with E-state index in [-0.39, 0.29) is 6.54 Å². The highest BCUT2D eigenvalue weighted by Crippen LogP contribution is 2.07. The van der Waals surface area contributed by atoms with Gasteiger partial charge in [-0.2, -0.15) is 0 Å². The van der Waals surface area contributed by atoms with E-state index in [9.17, 15) is 0 Å². The number of nitrogens with two attached hydrogens (primary N) is 1. The lowest BCUT2D eigenvalue weighted by Gasteiger charge is -2.02. The van der Waals surface area contributed by atoms with E-state index < -0.39 is 0 Å². The number of nitrogens with one attached hydrogen (secondary N) is 1. The maximum absolute atomic E-state index is 5.38. The quantitative estimate of drug-likeness (QED) is 0.761. The summed E-state index contributed by atoms with van der Waals surface area (Å²) in [6, 6.07) is 9.03. The minimum atomic E-state index is 0.276. The van der Waals surface area contributed by atoms with Gasteiger partial charge in [-0.25, -0.2) is 0 Å². The highest BCUT2D eigenvalue weighted by Gasteiger charge is 2.02. The second-order valence-corrected chi connectivity index (χ2v) is 4.22. The normalized spacial score (nSPS) is 10.6. The summed E-state index contributed by atoms with van der Waals surface area (Å²) in [5, 5.41) is 10.7. The summed E-state index contributed by atoms with van der Waals surface area (Å²) in [7, 11) is 0. The summed E-state index contributed by atoms with van der Waals surface area (Å²) in [6.45, 7) is 3.17. The molecule has 0 aliphatic heterocycles. The highest BCUT2D eigenvalue weighted by atomic mass is 16.4. The molecule has 0 spiro atoms. The molecule has 0 bridgehead atoms. The lowest BCUT2D eigenvalue weighted by atomic mass is 10.1. The molecule has 0 saturated heterocycles. The molecule has 0 amide bonds. The van der Waals surface area contributed by atoms with E-state index in [1.165, 1.54) is 11.1 Å². The zero-order valence-electron chi connectivity index (χ0n) is 10.5. The molecule has 0 aliphatic rings. The van der Waals surface area contributed by atoms with Gasteiger partial charge in [-0.1, -0.05) is 34.9 Å². The van der Waals surface area contributed by atoms with Crippen LogP contribution < -0.4 is 11.1 Å². The summed E-state index contributed by atoms with van der Waals surface area (Å²) in [5.41, 5.74) is 8.01. The predicted octanol–water partition coefficient (Wildman–Crippen LogP) is 1.88. The van der Waals surface area contributed by atoms with Gasteiger partial charge in [-0.05, 0) is 25.3 Å². The number of nitrogens with zero attached hydrogens (tertiary/aromatic N) is 2.